The van der Waals surface area contributed by atoms with Crippen LogP contribution in [0.5, 0.6) is 0 Å². The molecule has 3 rings (SSSR count). The van der Waals surface area contributed by atoms with Crippen molar-refractivity contribution >= 4 is 5.82 Å². The SMILES string of the molecule is CC(C)c1nn(C)c(N2CCOCC2)c1CN[C@H](C)Cn1cccn1. The molecular weight excluding hydrogens is 316 g/mol. The van der Waals surface area contributed by atoms with E-state index in [1.807, 2.05) is 34.9 Å². The van der Waals surface area contributed by atoms with E-state index < -0.39 is 0 Å². The molecule has 3 heterocycles. The Bertz CT molecular complexity index is 657. The van der Waals surface area contributed by atoms with Crippen LogP contribution in [0, 0.1) is 0 Å². The van der Waals surface area contributed by atoms with Gasteiger partial charge in [-0.3, -0.25) is 9.36 Å². The van der Waals surface area contributed by atoms with Crippen LogP contribution in [0.1, 0.15) is 37.9 Å². The lowest BCUT2D eigenvalue weighted by Crippen LogP contribution is -2.38. The fourth-order valence-electron chi connectivity index (χ4n) is 3.41. The van der Waals surface area contributed by atoms with Gasteiger partial charge in [0, 0.05) is 50.7 Å². The number of aryl methyl sites for hydroxylation is 1. The second-order valence-electron chi connectivity index (χ2n) is 7.08. The Kier molecular flexibility index (Phi) is 5.75. The first-order chi connectivity index (χ1) is 12.1. The van der Waals surface area contributed by atoms with E-state index in [9.17, 15) is 0 Å². The van der Waals surface area contributed by atoms with Crippen molar-refractivity contribution in [3.63, 3.8) is 0 Å². The number of nitrogens with one attached hydrogen (secondary N) is 1. The number of rotatable bonds is 7. The molecule has 7 nitrogen and oxygen atoms in total. The number of anilines is 1. The van der Waals surface area contributed by atoms with E-state index in [0.29, 0.717) is 12.0 Å². The highest BCUT2D eigenvalue weighted by Gasteiger charge is 2.24. The molecule has 0 amide bonds. The third-order valence-electron chi connectivity index (χ3n) is 4.65. The van der Waals surface area contributed by atoms with E-state index >= 15 is 0 Å². The summed E-state index contributed by atoms with van der Waals surface area (Å²) in [4.78, 5) is 2.40. The maximum absolute atomic E-state index is 5.52. The number of aromatic nitrogens is 4. The van der Waals surface area contributed by atoms with Gasteiger partial charge in [-0.25, -0.2) is 0 Å². The molecule has 0 radical (unpaired) electrons. The van der Waals surface area contributed by atoms with Crippen LogP contribution in [0.15, 0.2) is 18.5 Å². The van der Waals surface area contributed by atoms with Crippen molar-refractivity contribution in [1.82, 2.24) is 24.9 Å². The van der Waals surface area contributed by atoms with Gasteiger partial charge in [-0.05, 0) is 18.9 Å². The Morgan fingerprint density at radius 3 is 2.64 bits per heavy atom. The van der Waals surface area contributed by atoms with E-state index in [1.165, 1.54) is 17.1 Å². The van der Waals surface area contributed by atoms with Crippen LogP contribution in [0.3, 0.4) is 0 Å². The lowest BCUT2D eigenvalue weighted by molar-refractivity contribution is 0.122. The highest BCUT2D eigenvalue weighted by atomic mass is 16.5. The molecule has 138 valence electrons. The first-order valence-electron chi connectivity index (χ1n) is 9.15. The monoisotopic (exact) mass is 346 g/mol. The lowest BCUT2D eigenvalue weighted by Gasteiger charge is -2.30. The standard InChI is InChI=1S/C18H30N6O/c1-14(2)17-16(12-19-15(3)13-24-7-5-6-20-24)18(22(4)21-17)23-8-10-25-11-9-23/h5-7,14-15,19H,8-13H2,1-4H3/t15-/m1/s1. The molecule has 0 saturated carbocycles. The van der Waals surface area contributed by atoms with E-state index in [2.05, 4.69) is 36.1 Å². The third-order valence-corrected chi connectivity index (χ3v) is 4.65. The molecule has 0 bridgehead atoms. The number of hydrogen-bond acceptors (Lipinski definition) is 5. The summed E-state index contributed by atoms with van der Waals surface area (Å²) in [5.41, 5.74) is 2.49. The fourth-order valence-corrected chi connectivity index (χ4v) is 3.41. The Labute approximate surface area is 149 Å². The Hall–Kier alpha value is -1.86. The second-order valence-corrected chi connectivity index (χ2v) is 7.08. The van der Waals surface area contributed by atoms with Gasteiger partial charge in [-0.1, -0.05) is 13.8 Å². The van der Waals surface area contributed by atoms with Gasteiger partial charge in [-0.2, -0.15) is 10.2 Å². The Balaban J connectivity index is 1.75. The summed E-state index contributed by atoms with van der Waals surface area (Å²) >= 11 is 0. The summed E-state index contributed by atoms with van der Waals surface area (Å²) in [5.74, 6) is 1.63. The predicted octanol–water partition coefficient (Wildman–Crippen LogP) is 1.75. The smallest absolute Gasteiger partial charge is 0.131 e. The van der Waals surface area contributed by atoms with Crippen molar-refractivity contribution in [2.75, 3.05) is 31.2 Å². The largest absolute Gasteiger partial charge is 0.378 e. The van der Waals surface area contributed by atoms with Gasteiger partial charge < -0.3 is 15.0 Å². The molecule has 1 atom stereocenters. The van der Waals surface area contributed by atoms with Crippen molar-refractivity contribution < 1.29 is 4.74 Å². The Morgan fingerprint density at radius 2 is 2.00 bits per heavy atom. The van der Waals surface area contributed by atoms with Crippen LogP contribution in [-0.2, 0) is 24.9 Å². The van der Waals surface area contributed by atoms with Gasteiger partial charge in [0.25, 0.3) is 0 Å². The number of morpholine rings is 1. The number of ether oxygens (including phenoxy) is 1. The zero-order valence-electron chi connectivity index (χ0n) is 15.8. The van der Waals surface area contributed by atoms with Crippen LogP contribution in [0.2, 0.25) is 0 Å². The molecule has 0 aliphatic carbocycles. The minimum atomic E-state index is 0.331. The van der Waals surface area contributed by atoms with Gasteiger partial charge in [0.15, 0.2) is 0 Å². The van der Waals surface area contributed by atoms with Gasteiger partial charge in [0.1, 0.15) is 5.82 Å². The zero-order valence-corrected chi connectivity index (χ0v) is 15.8. The molecule has 1 N–H and O–H groups in total. The molecule has 2 aromatic rings. The first-order valence-corrected chi connectivity index (χ1v) is 9.15. The molecule has 1 aliphatic rings. The summed E-state index contributed by atoms with van der Waals surface area (Å²) in [6.07, 6.45) is 3.82. The molecule has 2 aromatic heterocycles. The molecular formula is C18H30N6O. The molecule has 1 fully saturated rings. The first kappa shape index (κ1) is 17.9. The fraction of sp³-hybridized carbons (Fsp3) is 0.667. The minimum absolute atomic E-state index is 0.331. The van der Waals surface area contributed by atoms with Crippen molar-refractivity contribution in [2.45, 2.75) is 45.8 Å². The quantitative estimate of drug-likeness (QED) is 0.828. The van der Waals surface area contributed by atoms with Gasteiger partial charge >= 0.3 is 0 Å². The molecule has 0 unspecified atom stereocenters. The lowest BCUT2D eigenvalue weighted by atomic mass is 10.0. The number of nitrogens with zero attached hydrogens (tertiary/aromatic N) is 5. The van der Waals surface area contributed by atoms with Crippen LogP contribution in [0.4, 0.5) is 5.82 Å². The van der Waals surface area contributed by atoms with Crippen molar-refractivity contribution in [3.05, 3.63) is 29.7 Å². The molecule has 0 aromatic carbocycles. The van der Waals surface area contributed by atoms with Crippen LogP contribution >= 0.6 is 0 Å². The summed E-state index contributed by atoms with van der Waals surface area (Å²) in [5, 5.41) is 12.8. The second kappa shape index (κ2) is 8.01. The minimum Gasteiger partial charge on any atom is -0.378 e. The molecule has 25 heavy (non-hydrogen) atoms. The van der Waals surface area contributed by atoms with Gasteiger partial charge in [-0.15, -0.1) is 0 Å². The van der Waals surface area contributed by atoms with E-state index in [4.69, 9.17) is 9.84 Å². The predicted molar refractivity (Wildman–Crippen MR) is 98.9 cm³/mol. The van der Waals surface area contributed by atoms with Gasteiger partial charge in [0.05, 0.1) is 25.5 Å². The highest BCUT2D eigenvalue weighted by Crippen LogP contribution is 2.29. The average Bonchev–Trinajstić information content (AvgIpc) is 3.21. The van der Waals surface area contributed by atoms with E-state index in [1.54, 1.807) is 0 Å². The van der Waals surface area contributed by atoms with Crippen LogP contribution in [-0.4, -0.2) is 51.9 Å². The zero-order chi connectivity index (χ0) is 17.8. The van der Waals surface area contributed by atoms with E-state index in [0.717, 1.165) is 39.4 Å². The summed E-state index contributed by atoms with van der Waals surface area (Å²) < 4.78 is 9.52. The van der Waals surface area contributed by atoms with Crippen LogP contribution < -0.4 is 10.2 Å². The summed E-state index contributed by atoms with van der Waals surface area (Å²) in [7, 11) is 2.05. The van der Waals surface area contributed by atoms with E-state index in [-0.39, 0.29) is 0 Å². The van der Waals surface area contributed by atoms with Crippen molar-refractivity contribution in [1.29, 1.82) is 0 Å². The average molecular weight is 346 g/mol. The van der Waals surface area contributed by atoms with Gasteiger partial charge in [0.2, 0.25) is 0 Å². The van der Waals surface area contributed by atoms with Crippen LogP contribution in [0.25, 0.3) is 0 Å². The summed E-state index contributed by atoms with van der Waals surface area (Å²) in [6.45, 7) is 11.7. The Morgan fingerprint density at radius 1 is 1.24 bits per heavy atom. The normalized spacial score (nSPS) is 16.6. The maximum atomic E-state index is 5.52. The molecule has 0 spiro atoms. The molecule has 7 heteroatoms. The summed E-state index contributed by atoms with van der Waals surface area (Å²) in [6, 6.07) is 2.29. The highest BCUT2D eigenvalue weighted by molar-refractivity contribution is 5.51. The van der Waals surface area contributed by atoms with Crippen molar-refractivity contribution in [2.24, 2.45) is 7.05 Å². The third kappa shape index (κ3) is 4.22. The molecule has 1 saturated heterocycles. The molecule has 1 aliphatic heterocycles. The topological polar surface area (TPSA) is 60.1 Å². The number of hydrogen-bond donors (Lipinski definition) is 1. The van der Waals surface area contributed by atoms with Crippen molar-refractivity contribution in [3.8, 4) is 0 Å². The maximum Gasteiger partial charge on any atom is 0.131 e.